The summed E-state index contributed by atoms with van der Waals surface area (Å²) >= 11 is 0. The van der Waals surface area contributed by atoms with Crippen molar-refractivity contribution in [3.8, 4) is 0 Å². The molecule has 0 bridgehead atoms. The lowest BCUT2D eigenvalue weighted by Gasteiger charge is -2.27. The lowest BCUT2D eigenvalue weighted by molar-refractivity contribution is -0.124. The summed E-state index contributed by atoms with van der Waals surface area (Å²) in [5, 5.41) is 11.5. The van der Waals surface area contributed by atoms with Crippen molar-refractivity contribution in [2.45, 2.75) is 72.1 Å². The Balaban J connectivity index is 1.91. The van der Waals surface area contributed by atoms with Gasteiger partial charge in [0.1, 0.15) is 12.1 Å². The van der Waals surface area contributed by atoms with Gasteiger partial charge in [0.25, 0.3) is 11.8 Å². The van der Waals surface area contributed by atoms with Crippen molar-refractivity contribution in [1.29, 1.82) is 0 Å². The van der Waals surface area contributed by atoms with Crippen molar-refractivity contribution in [2.75, 3.05) is 0 Å². The summed E-state index contributed by atoms with van der Waals surface area (Å²) < 4.78 is 0. The Bertz CT molecular complexity index is 957. The van der Waals surface area contributed by atoms with Crippen LogP contribution >= 0.6 is 0 Å². The molecule has 8 nitrogen and oxygen atoms in total. The second-order valence-corrected chi connectivity index (χ2v) is 10.2. The fourth-order valence-electron chi connectivity index (χ4n) is 4.01. The second kappa shape index (κ2) is 14.2. The average Bonchev–Trinajstić information content (AvgIpc) is 2.85. The Labute approximate surface area is 220 Å². The van der Waals surface area contributed by atoms with Gasteiger partial charge < -0.3 is 21.3 Å². The summed E-state index contributed by atoms with van der Waals surface area (Å²) in [6.45, 7) is 11.2. The van der Waals surface area contributed by atoms with Crippen molar-refractivity contribution in [2.24, 2.45) is 11.8 Å². The number of amides is 4. The highest BCUT2D eigenvalue weighted by molar-refractivity contribution is 5.98. The minimum Gasteiger partial charge on any atom is -0.352 e. The van der Waals surface area contributed by atoms with E-state index in [9.17, 15) is 19.2 Å². The highest BCUT2D eigenvalue weighted by Gasteiger charge is 2.28. The van der Waals surface area contributed by atoms with E-state index in [4.69, 9.17) is 0 Å². The van der Waals surface area contributed by atoms with Crippen molar-refractivity contribution < 1.29 is 19.2 Å². The van der Waals surface area contributed by atoms with E-state index >= 15 is 0 Å². The van der Waals surface area contributed by atoms with Crippen LogP contribution in [0.5, 0.6) is 0 Å². The first-order chi connectivity index (χ1) is 17.5. The number of nitrogens with one attached hydrogen (secondary N) is 4. The highest BCUT2D eigenvalue weighted by Crippen LogP contribution is 2.09. The van der Waals surface area contributed by atoms with E-state index in [0.717, 1.165) is 0 Å². The lowest BCUT2D eigenvalue weighted by atomic mass is 10.0. The van der Waals surface area contributed by atoms with Crippen LogP contribution in [0.3, 0.4) is 0 Å². The summed E-state index contributed by atoms with van der Waals surface area (Å²) in [5.74, 6) is -1.39. The molecular weight excluding hydrogens is 468 g/mol. The minimum absolute atomic E-state index is 0.114. The molecule has 0 heterocycles. The van der Waals surface area contributed by atoms with Gasteiger partial charge in [-0.05, 0) is 56.4 Å². The third kappa shape index (κ3) is 9.37. The minimum atomic E-state index is -0.696. The first-order valence-electron chi connectivity index (χ1n) is 12.8. The summed E-state index contributed by atoms with van der Waals surface area (Å²) in [7, 11) is 0. The van der Waals surface area contributed by atoms with Gasteiger partial charge in [-0.15, -0.1) is 0 Å². The summed E-state index contributed by atoms with van der Waals surface area (Å²) in [4.78, 5) is 51.0. The van der Waals surface area contributed by atoms with Crippen molar-refractivity contribution in [3.05, 3.63) is 71.8 Å². The molecule has 0 spiro atoms. The fraction of sp³-hybridized carbons (Fsp3) is 0.448. The molecule has 0 aromatic heterocycles. The molecule has 0 aliphatic carbocycles. The van der Waals surface area contributed by atoms with Crippen LogP contribution in [0.4, 0.5) is 0 Å². The zero-order valence-electron chi connectivity index (χ0n) is 22.6. The molecule has 0 radical (unpaired) electrons. The number of benzene rings is 2. The van der Waals surface area contributed by atoms with E-state index in [0.29, 0.717) is 17.5 Å². The Morgan fingerprint density at radius 1 is 0.541 bits per heavy atom. The zero-order valence-corrected chi connectivity index (χ0v) is 22.6. The molecule has 8 heteroatoms. The molecule has 0 saturated heterocycles. The van der Waals surface area contributed by atoms with Crippen molar-refractivity contribution in [1.82, 2.24) is 21.3 Å². The molecule has 2 rings (SSSR count). The van der Waals surface area contributed by atoms with Gasteiger partial charge in [0.2, 0.25) is 11.8 Å². The summed E-state index contributed by atoms with van der Waals surface area (Å²) in [6, 6.07) is 15.6. The number of hydrogen-bond donors (Lipinski definition) is 4. The van der Waals surface area contributed by atoms with Crippen molar-refractivity contribution >= 4 is 23.6 Å². The maximum Gasteiger partial charge on any atom is 0.251 e. The fourth-order valence-corrected chi connectivity index (χ4v) is 4.01. The molecule has 0 fully saturated rings. The van der Waals surface area contributed by atoms with E-state index < -0.39 is 12.1 Å². The van der Waals surface area contributed by atoms with Gasteiger partial charge in [0.05, 0.1) is 0 Å². The number of rotatable bonds is 12. The molecule has 0 aliphatic heterocycles. The van der Waals surface area contributed by atoms with E-state index in [2.05, 4.69) is 21.3 Å². The molecule has 37 heavy (non-hydrogen) atoms. The smallest absolute Gasteiger partial charge is 0.251 e. The average molecular weight is 509 g/mol. The largest absolute Gasteiger partial charge is 0.352 e. The third-order valence-corrected chi connectivity index (χ3v) is 6.03. The number of hydrogen-bond acceptors (Lipinski definition) is 4. The predicted molar refractivity (Wildman–Crippen MR) is 145 cm³/mol. The predicted octanol–water partition coefficient (Wildman–Crippen LogP) is 3.30. The Hall–Kier alpha value is -3.68. The highest BCUT2D eigenvalue weighted by atomic mass is 16.2. The van der Waals surface area contributed by atoms with Crippen LogP contribution in [-0.2, 0) is 9.59 Å². The Morgan fingerprint density at radius 2 is 0.865 bits per heavy atom. The molecule has 4 atom stereocenters. The molecule has 0 aliphatic rings. The zero-order chi connectivity index (χ0) is 27.5. The van der Waals surface area contributed by atoms with E-state index in [1.54, 1.807) is 48.5 Å². The maximum absolute atomic E-state index is 13.0. The van der Waals surface area contributed by atoms with Gasteiger partial charge >= 0.3 is 0 Å². The second-order valence-electron chi connectivity index (χ2n) is 10.2. The van der Waals surface area contributed by atoms with Gasteiger partial charge in [0, 0.05) is 23.2 Å². The monoisotopic (exact) mass is 508 g/mol. The van der Waals surface area contributed by atoms with Gasteiger partial charge in [-0.1, -0.05) is 64.1 Å². The van der Waals surface area contributed by atoms with E-state index in [1.165, 1.54) is 0 Å². The molecule has 4 amide bonds. The molecule has 200 valence electrons. The molecule has 4 unspecified atom stereocenters. The number of carbonyl (C=O) groups excluding carboxylic acids is 4. The van der Waals surface area contributed by atoms with Gasteiger partial charge in [-0.25, -0.2) is 0 Å². The Morgan fingerprint density at radius 3 is 1.16 bits per heavy atom. The van der Waals surface area contributed by atoms with Crippen LogP contribution in [0.15, 0.2) is 60.7 Å². The first kappa shape index (κ1) is 29.5. The lowest BCUT2D eigenvalue weighted by Crippen LogP contribution is -2.54. The third-order valence-electron chi connectivity index (χ3n) is 6.03. The maximum atomic E-state index is 13.0. The quantitative estimate of drug-likeness (QED) is 0.352. The number of carbonyl (C=O) groups is 4. The van der Waals surface area contributed by atoms with E-state index in [1.807, 2.05) is 53.7 Å². The van der Waals surface area contributed by atoms with Crippen LogP contribution in [-0.4, -0.2) is 47.8 Å². The normalized spacial score (nSPS) is 14.3. The molecule has 2 aromatic rings. The van der Waals surface area contributed by atoms with Crippen LogP contribution in [0, 0.1) is 11.8 Å². The molecule has 2 aromatic carbocycles. The van der Waals surface area contributed by atoms with Gasteiger partial charge in [-0.3, -0.25) is 19.2 Å². The van der Waals surface area contributed by atoms with Crippen LogP contribution in [0.2, 0.25) is 0 Å². The van der Waals surface area contributed by atoms with Gasteiger partial charge in [0.15, 0.2) is 0 Å². The van der Waals surface area contributed by atoms with Crippen molar-refractivity contribution in [3.63, 3.8) is 0 Å². The standard InChI is InChI=1S/C29H40N4O4/c1-18(2)24(32-26(34)22-13-9-7-10-14-22)28(36)30-20(5)17-21(6)31-29(37)25(19(3)4)33-27(35)23-15-11-8-12-16-23/h7-16,18-21,24-25H,17H2,1-6H3,(H,30,36)(H,31,37)(H,32,34)(H,33,35). The summed E-state index contributed by atoms with van der Waals surface area (Å²) in [6.07, 6.45) is 0.479. The molecule has 4 N–H and O–H groups in total. The topological polar surface area (TPSA) is 116 Å². The molecule has 0 saturated carbocycles. The first-order valence-corrected chi connectivity index (χ1v) is 12.8. The summed E-state index contributed by atoms with van der Waals surface area (Å²) in [5.41, 5.74) is 0.980. The van der Waals surface area contributed by atoms with Crippen LogP contribution < -0.4 is 21.3 Å². The van der Waals surface area contributed by atoms with Gasteiger partial charge in [-0.2, -0.15) is 0 Å². The SMILES string of the molecule is CC(CC(C)NC(=O)C(NC(=O)c1ccccc1)C(C)C)NC(=O)C(NC(=O)c1ccccc1)C(C)C. The molecular formula is C29H40N4O4. The Kier molecular flexibility index (Phi) is 11.3. The van der Waals surface area contributed by atoms with Crippen LogP contribution in [0.25, 0.3) is 0 Å². The van der Waals surface area contributed by atoms with Crippen LogP contribution in [0.1, 0.15) is 68.7 Å². The van der Waals surface area contributed by atoms with E-state index in [-0.39, 0.29) is 47.5 Å².